The fraction of sp³-hybridized carbons (Fsp3) is 0.385. The maximum absolute atomic E-state index is 13.2. The number of nitrogens with two attached hydrogens (primary N) is 1. The van der Waals surface area contributed by atoms with Gasteiger partial charge in [0.15, 0.2) is 5.82 Å². The average Bonchev–Trinajstić information content (AvgIpc) is 2.92. The molecule has 2 heterocycles. The minimum absolute atomic E-state index is 0.172. The first-order chi connectivity index (χ1) is 9.63. The highest BCUT2D eigenvalue weighted by molar-refractivity contribution is 9.10. The molecule has 1 atom stereocenters. The van der Waals surface area contributed by atoms with Crippen molar-refractivity contribution >= 4 is 21.9 Å². The van der Waals surface area contributed by atoms with Crippen LogP contribution in [0.15, 0.2) is 22.7 Å². The fourth-order valence-electron chi connectivity index (χ4n) is 2.36. The summed E-state index contributed by atoms with van der Waals surface area (Å²) in [6, 6.07) is 4.93. The highest BCUT2D eigenvalue weighted by Gasteiger charge is 2.20. The zero-order chi connectivity index (χ0) is 14.1. The lowest BCUT2D eigenvalue weighted by Gasteiger charge is -2.29. The SMILES string of the molecule is NC1CCCN(c2n[nH]c(-c3ccc(F)c(Br)c3)n2)C1. The number of rotatable bonds is 2. The predicted molar refractivity (Wildman–Crippen MR) is 78.9 cm³/mol. The van der Waals surface area contributed by atoms with Crippen molar-refractivity contribution in [3.8, 4) is 11.4 Å². The van der Waals surface area contributed by atoms with Crippen LogP contribution in [0.2, 0.25) is 0 Å². The summed E-state index contributed by atoms with van der Waals surface area (Å²) in [5.41, 5.74) is 6.75. The highest BCUT2D eigenvalue weighted by atomic mass is 79.9. The van der Waals surface area contributed by atoms with Crippen LogP contribution in [0, 0.1) is 5.82 Å². The van der Waals surface area contributed by atoms with Gasteiger partial charge in [0.05, 0.1) is 4.47 Å². The molecule has 0 amide bonds. The minimum Gasteiger partial charge on any atom is -0.338 e. The number of piperidine rings is 1. The Labute approximate surface area is 124 Å². The fourth-order valence-corrected chi connectivity index (χ4v) is 2.74. The summed E-state index contributed by atoms with van der Waals surface area (Å²) < 4.78 is 13.6. The monoisotopic (exact) mass is 339 g/mol. The van der Waals surface area contributed by atoms with E-state index in [1.165, 1.54) is 6.07 Å². The summed E-state index contributed by atoms with van der Waals surface area (Å²) >= 11 is 3.17. The van der Waals surface area contributed by atoms with E-state index in [0.717, 1.165) is 31.5 Å². The minimum atomic E-state index is -0.296. The van der Waals surface area contributed by atoms with Crippen molar-refractivity contribution < 1.29 is 4.39 Å². The lowest BCUT2D eigenvalue weighted by atomic mass is 10.1. The number of hydrogen-bond donors (Lipinski definition) is 2. The van der Waals surface area contributed by atoms with Gasteiger partial charge in [-0.3, -0.25) is 5.10 Å². The van der Waals surface area contributed by atoms with Crippen molar-refractivity contribution in [2.45, 2.75) is 18.9 Å². The number of halogens is 2. The van der Waals surface area contributed by atoms with Gasteiger partial charge in [0, 0.05) is 24.7 Å². The molecule has 1 aliphatic heterocycles. The number of hydrogen-bond acceptors (Lipinski definition) is 4. The van der Waals surface area contributed by atoms with Crippen LogP contribution in [0.1, 0.15) is 12.8 Å². The first-order valence-corrected chi connectivity index (χ1v) is 7.31. The Morgan fingerprint density at radius 1 is 1.45 bits per heavy atom. The van der Waals surface area contributed by atoms with E-state index in [4.69, 9.17) is 5.73 Å². The van der Waals surface area contributed by atoms with Crippen LogP contribution in [0.4, 0.5) is 10.3 Å². The number of nitrogens with zero attached hydrogens (tertiary/aromatic N) is 3. The first-order valence-electron chi connectivity index (χ1n) is 6.52. The van der Waals surface area contributed by atoms with Gasteiger partial charge in [-0.1, -0.05) is 0 Å². The molecule has 3 N–H and O–H groups in total. The molecule has 106 valence electrons. The van der Waals surface area contributed by atoms with E-state index in [1.807, 2.05) is 0 Å². The summed E-state index contributed by atoms with van der Waals surface area (Å²) in [4.78, 5) is 6.55. The van der Waals surface area contributed by atoms with E-state index in [-0.39, 0.29) is 11.9 Å². The van der Waals surface area contributed by atoms with Crippen molar-refractivity contribution in [2.24, 2.45) is 5.73 Å². The van der Waals surface area contributed by atoms with Gasteiger partial charge in [0.2, 0.25) is 5.95 Å². The molecule has 5 nitrogen and oxygen atoms in total. The maximum atomic E-state index is 13.2. The van der Waals surface area contributed by atoms with Crippen LogP contribution in [0.5, 0.6) is 0 Å². The van der Waals surface area contributed by atoms with E-state index >= 15 is 0 Å². The van der Waals surface area contributed by atoms with Crippen LogP contribution in [0.25, 0.3) is 11.4 Å². The number of benzene rings is 1. The summed E-state index contributed by atoms with van der Waals surface area (Å²) in [5, 5.41) is 7.12. The maximum Gasteiger partial charge on any atom is 0.245 e. The van der Waals surface area contributed by atoms with Gasteiger partial charge >= 0.3 is 0 Å². The molecule has 1 aromatic heterocycles. The van der Waals surface area contributed by atoms with Crippen molar-refractivity contribution in [3.05, 3.63) is 28.5 Å². The van der Waals surface area contributed by atoms with Crippen LogP contribution >= 0.6 is 15.9 Å². The van der Waals surface area contributed by atoms with Gasteiger partial charge in [-0.05, 0) is 47.0 Å². The van der Waals surface area contributed by atoms with Crippen LogP contribution in [-0.4, -0.2) is 34.3 Å². The first kappa shape index (κ1) is 13.5. The Morgan fingerprint density at radius 2 is 2.30 bits per heavy atom. The third kappa shape index (κ3) is 2.69. The van der Waals surface area contributed by atoms with Crippen LogP contribution < -0.4 is 10.6 Å². The van der Waals surface area contributed by atoms with Crippen LogP contribution in [0.3, 0.4) is 0 Å². The third-order valence-corrected chi connectivity index (χ3v) is 4.02. The molecule has 0 radical (unpaired) electrons. The summed E-state index contributed by atoms with van der Waals surface area (Å²) in [5.74, 6) is 0.978. The zero-order valence-corrected chi connectivity index (χ0v) is 12.4. The molecular weight excluding hydrogens is 325 g/mol. The lowest BCUT2D eigenvalue weighted by Crippen LogP contribution is -2.43. The molecule has 0 aliphatic carbocycles. The highest BCUT2D eigenvalue weighted by Crippen LogP contribution is 2.24. The summed E-state index contributed by atoms with van der Waals surface area (Å²) in [7, 11) is 0. The molecule has 2 aromatic rings. The second kappa shape index (κ2) is 5.49. The van der Waals surface area contributed by atoms with Gasteiger partial charge < -0.3 is 10.6 Å². The quantitative estimate of drug-likeness (QED) is 0.880. The van der Waals surface area contributed by atoms with E-state index in [2.05, 4.69) is 36.0 Å². The lowest BCUT2D eigenvalue weighted by molar-refractivity contribution is 0.500. The molecule has 1 fully saturated rings. The van der Waals surface area contributed by atoms with Gasteiger partial charge in [-0.15, -0.1) is 5.10 Å². The second-order valence-electron chi connectivity index (χ2n) is 4.96. The molecule has 1 saturated heterocycles. The van der Waals surface area contributed by atoms with E-state index in [0.29, 0.717) is 16.2 Å². The average molecular weight is 340 g/mol. The van der Waals surface area contributed by atoms with Gasteiger partial charge in [0.1, 0.15) is 5.82 Å². The van der Waals surface area contributed by atoms with Crippen LogP contribution in [-0.2, 0) is 0 Å². The molecular formula is C13H15BrFN5. The van der Waals surface area contributed by atoms with E-state index in [1.54, 1.807) is 12.1 Å². The topological polar surface area (TPSA) is 70.8 Å². The Bertz CT molecular complexity index is 615. The molecule has 0 saturated carbocycles. The largest absolute Gasteiger partial charge is 0.338 e. The molecule has 20 heavy (non-hydrogen) atoms. The van der Waals surface area contributed by atoms with E-state index in [9.17, 15) is 4.39 Å². The van der Waals surface area contributed by atoms with Gasteiger partial charge in [0.25, 0.3) is 0 Å². The number of anilines is 1. The Kier molecular flexibility index (Phi) is 3.71. The Morgan fingerprint density at radius 3 is 3.05 bits per heavy atom. The number of aromatic amines is 1. The molecule has 1 aromatic carbocycles. The number of H-pyrrole nitrogens is 1. The number of nitrogens with one attached hydrogen (secondary N) is 1. The van der Waals surface area contributed by atoms with Crippen molar-refractivity contribution in [1.29, 1.82) is 0 Å². The van der Waals surface area contributed by atoms with E-state index < -0.39 is 0 Å². The third-order valence-electron chi connectivity index (χ3n) is 3.41. The van der Waals surface area contributed by atoms with Crippen molar-refractivity contribution in [1.82, 2.24) is 15.2 Å². The Hall–Kier alpha value is -1.47. The summed E-state index contributed by atoms with van der Waals surface area (Å²) in [6.07, 6.45) is 2.09. The smallest absolute Gasteiger partial charge is 0.245 e. The predicted octanol–water partition coefficient (Wildman–Crippen LogP) is 2.30. The Balaban J connectivity index is 1.84. The van der Waals surface area contributed by atoms with Gasteiger partial charge in [-0.25, -0.2) is 4.39 Å². The van der Waals surface area contributed by atoms with Crippen molar-refractivity contribution in [2.75, 3.05) is 18.0 Å². The standard InChI is InChI=1S/C13H15BrFN5/c14-10-6-8(3-4-11(10)15)12-17-13(19-18-12)20-5-1-2-9(16)7-20/h3-4,6,9H,1-2,5,7,16H2,(H,17,18,19). The number of aromatic nitrogens is 3. The normalized spacial score (nSPS) is 19.4. The van der Waals surface area contributed by atoms with Gasteiger partial charge in [-0.2, -0.15) is 4.98 Å². The zero-order valence-electron chi connectivity index (χ0n) is 10.8. The molecule has 3 rings (SSSR count). The molecule has 0 spiro atoms. The van der Waals surface area contributed by atoms with Crippen molar-refractivity contribution in [3.63, 3.8) is 0 Å². The molecule has 7 heteroatoms. The second-order valence-corrected chi connectivity index (χ2v) is 5.82. The molecule has 1 aliphatic rings. The molecule has 0 bridgehead atoms. The summed E-state index contributed by atoms with van der Waals surface area (Å²) in [6.45, 7) is 1.68. The molecule has 1 unspecified atom stereocenters.